The molecule has 0 N–H and O–H groups in total. The molecular weight excluding hydrogens is 260 g/mol. The summed E-state index contributed by atoms with van der Waals surface area (Å²) in [4.78, 5) is 13.5. The Morgan fingerprint density at radius 1 is 1.19 bits per heavy atom. The third kappa shape index (κ3) is 3.43. The highest BCUT2D eigenvalue weighted by atomic mass is 14.8. The molecule has 2 rings (SSSR count). The molecule has 108 valence electrons. The first kappa shape index (κ1) is 15.1. The SMILES string of the molecule is CCc1ccc(C)nc1Cc1nc(C(C)C)cnc1C#N. The first-order valence-corrected chi connectivity index (χ1v) is 7.26. The number of aryl methyl sites for hydroxylation is 2. The molecule has 0 saturated heterocycles. The predicted molar refractivity (Wildman–Crippen MR) is 82.0 cm³/mol. The first-order valence-electron chi connectivity index (χ1n) is 7.26. The van der Waals surface area contributed by atoms with E-state index in [1.54, 1.807) is 6.20 Å². The highest BCUT2D eigenvalue weighted by Gasteiger charge is 2.13. The lowest BCUT2D eigenvalue weighted by molar-refractivity contribution is 0.788. The fourth-order valence-electron chi connectivity index (χ4n) is 2.21. The molecule has 2 aromatic rings. The van der Waals surface area contributed by atoms with Crippen molar-refractivity contribution in [2.24, 2.45) is 0 Å². The molecule has 2 aromatic heterocycles. The van der Waals surface area contributed by atoms with Crippen LogP contribution in [0.15, 0.2) is 18.3 Å². The molecule has 0 aliphatic carbocycles. The Kier molecular flexibility index (Phi) is 4.64. The van der Waals surface area contributed by atoms with Crippen molar-refractivity contribution in [2.45, 2.75) is 46.5 Å². The maximum Gasteiger partial charge on any atom is 0.162 e. The molecule has 0 aliphatic heterocycles. The van der Waals surface area contributed by atoms with Gasteiger partial charge < -0.3 is 0 Å². The van der Waals surface area contributed by atoms with Gasteiger partial charge in [-0.1, -0.05) is 26.8 Å². The molecule has 0 aromatic carbocycles. The van der Waals surface area contributed by atoms with Crippen molar-refractivity contribution in [1.29, 1.82) is 5.26 Å². The summed E-state index contributed by atoms with van der Waals surface area (Å²) in [6.45, 7) is 8.23. The van der Waals surface area contributed by atoms with Gasteiger partial charge >= 0.3 is 0 Å². The summed E-state index contributed by atoms with van der Waals surface area (Å²) in [7, 11) is 0. The highest BCUT2D eigenvalue weighted by molar-refractivity contribution is 5.33. The van der Waals surface area contributed by atoms with Gasteiger partial charge in [-0.3, -0.25) is 9.97 Å². The highest BCUT2D eigenvalue weighted by Crippen LogP contribution is 2.17. The van der Waals surface area contributed by atoms with Gasteiger partial charge in [0.05, 0.1) is 17.6 Å². The molecule has 0 atom stereocenters. The van der Waals surface area contributed by atoms with Crippen molar-refractivity contribution in [3.8, 4) is 6.07 Å². The van der Waals surface area contributed by atoms with Gasteiger partial charge in [0.25, 0.3) is 0 Å². The van der Waals surface area contributed by atoms with E-state index in [4.69, 9.17) is 0 Å². The zero-order valence-electron chi connectivity index (χ0n) is 13.0. The van der Waals surface area contributed by atoms with Crippen molar-refractivity contribution in [1.82, 2.24) is 15.0 Å². The minimum absolute atomic E-state index is 0.292. The number of nitriles is 1. The lowest BCUT2D eigenvalue weighted by Gasteiger charge is -2.11. The maximum atomic E-state index is 9.23. The zero-order valence-corrected chi connectivity index (χ0v) is 13.0. The number of aromatic nitrogens is 3. The quantitative estimate of drug-likeness (QED) is 0.861. The van der Waals surface area contributed by atoms with E-state index in [-0.39, 0.29) is 0 Å². The van der Waals surface area contributed by atoms with E-state index in [2.05, 4.69) is 47.9 Å². The second-order valence-corrected chi connectivity index (χ2v) is 5.45. The monoisotopic (exact) mass is 280 g/mol. The molecule has 0 unspecified atom stereocenters. The molecule has 0 bridgehead atoms. The van der Waals surface area contributed by atoms with E-state index in [1.165, 1.54) is 5.56 Å². The fraction of sp³-hybridized carbons (Fsp3) is 0.412. The number of hydrogen-bond acceptors (Lipinski definition) is 4. The number of pyridine rings is 1. The van der Waals surface area contributed by atoms with Crippen LogP contribution in [0.3, 0.4) is 0 Å². The minimum atomic E-state index is 0.292. The van der Waals surface area contributed by atoms with Crippen LogP contribution in [0.4, 0.5) is 0 Å². The van der Waals surface area contributed by atoms with Gasteiger partial charge in [-0.25, -0.2) is 4.98 Å². The van der Waals surface area contributed by atoms with Crippen molar-refractivity contribution < 1.29 is 0 Å². The minimum Gasteiger partial charge on any atom is -0.257 e. The van der Waals surface area contributed by atoms with Gasteiger partial charge in [0.1, 0.15) is 6.07 Å². The second-order valence-electron chi connectivity index (χ2n) is 5.45. The van der Waals surface area contributed by atoms with Crippen LogP contribution in [0, 0.1) is 18.3 Å². The molecule has 0 spiro atoms. The fourth-order valence-corrected chi connectivity index (χ4v) is 2.21. The summed E-state index contributed by atoms with van der Waals surface area (Å²) in [6, 6.07) is 6.25. The summed E-state index contributed by atoms with van der Waals surface area (Å²) in [5.41, 5.74) is 5.19. The van der Waals surface area contributed by atoms with Gasteiger partial charge in [0.15, 0.2) is 5.69 Å². The van der Waals surface area contributed by atoms with Crippen LogP contribution < -0.4 is 0 Å². The predicted octanol–water partition coefficient (Wildman–Crippen LogP) is 3.33. The number of hydrogen-bond donors (Lipinski definition) is 0. The van der Waals surface area contributed by atoms with E-state index >= 15 is 0 Å². The van der Waals surface area contributed by atoms with Crippen LogP contribution in [0.2, 0.25) is 0 Å². The standard InChI is InChI=1S/C17H20N4/c1-5-13-7-6-12(4)20-14(13)8-15-16(9-18)19-10-17(21-15)11(2)3/h6-7,10-11H,5,8H2,1-4H3. The van der Waals surface area contributed by atoms with Gasteiger partial charge in [0, 0.05) is 17.8 Å². The lowest BCUT2D eigenvalue weighted by Crippen LogP contribution is -2.07. The van der Waals surface area contributed by atoms with E-state index < -0.39 is 0 Å². The molecular formula is C17H20N4. The topological polar surface area (TPSA) is 62.5 Å². The van der Waals surface area contributed by atoms with Gasteiger partial charge in [0.2, 0.25) is 0 Å². The van der Waals surface area contributed by atoms with E-state index in [9.17, 15) is 5.26 Å². The largest absolute Gasteiger partial charge is 0.257 e. The van der Waals surface area contributed by atoms with Crippen LogP contribution in [-0.2, 0) is 12.8 Å². The van der Waals surface area contributed by atoms with Crippen LogP contribution in [0.1, 0.15) is 60.7 Å². The van der Waals surface area contributed by atoms with Crippen molar-refractivity contribution >= 4 is 0 Å². The Labute approximate surface area is 125 Å². The average molecular weight is 280 g/mol. The molecule has 21 heavy (non-hydrogen) atoms. The molecule has 2 heterocycles. The first-order chi connectivity index (χ1) is 10.0. The molecule has 4 heteroatoms. The molecule has 4 nitrogen and oxygen atoms in total. The van der Waals surface area contributed by atoms with Gasteiger partial charge in [-0.15, -0.1) is 0 Å². The van der Waals surface area contributed by atoms with E-state index in [0.29, 0.717) is 18.0 Å². The Bertz CT molecular complexity index is 684. The normalized spacial score (nSPS) is 10.7. The van der Waals surface area contributed by atoms with Crippen molar-refractivity contribution in [2.75, 3.05) is 0 Å². The van der Waals surface area contributed by atoms with Gasteiger partial charge in [-0.2, -0.15) is 5.26 Å². The van der Waals surface area contributed by atoms with E-state index in [0.717, 1.165) is 29.2 Å². The third-order valence-corrected chi connectivity index (χ3v) is 3.48. The Morgan fingerprint density at radius 2 is 1.95 bits per heavy atom. The second kappa shape index (κ2) is 6.45. The van der Waals surface area contributed by atoms with Crippen molar-refractivity contribution in [3.63, 3.8) is 0 Å². The van der Waals surface area contributed by atoms with Gasteiger partial charge in [-0.05, 0) is 30.9 Å². The van der Waals surface area contributed by atoms with Crippen LogP contribution >= 0.6 is 0 Å². The number of rotatable bonds is 4. The van der Waals surface area contributed by atoms with E-state index in [1.807, 2.05) is 13.0 Å². The summed E-state index contributed by atoms with van der Waals surface area (Å²) < 4.78 is 0. The summed E-state index contributed by atoms with van der Waals surface area (Å²) >= 11 is 0. The smallest absolute Gasteiger partial charge is 0.162 e. The summed E-state index contributed by atoms with van der Waals surface area (Å²) in [5, 5.41) is 9.23. The summed E-state index contributed by atoms with van der Waals surface area (Å²) in [5.74, 6) is 0.292. The molecule has 0 fully saturated rings. The number of nitrogens with zero attached hydrogens (tertiary/aromatic N) is 4. The lowest BCUT2D eigenvalue weighted by atomic mass is 10.0. The zero-order chi connectivity index (χ0) is 15.4. The Balaban J connectivity index is 2.45. The maximum absolute atomic E-state index is 9.23. The molecule has 0 radical (unpaired) electrons. The van der Waals surface area contributed by atoms with Crippen LogP contribution in [0.25, 0.3) is 0 Å². The third-order valence-electron chi connectivity index (χ3n) is 3.48. The average Bonchev–Trinajstić information content (AvgIpc) is 2.47. The molecule has 0 aliphatic rings. The molecule has 0 saturated carbocycles. The molecule has 0 amide bonds. The van der Waals surface area contributed by atoms with Crippen LogP contribution in [-0.4, -0.2) is 15.0 Å². The Morgan fingerprint density at radius 3 is 2.57 bits per heavy atom. The Hall–Kier alpha value is -2.28. The summed E-state index contributed by atoms with van der Waals surface area (Å²) in [6.07, 6.45) is 3.17. The van der Waals surface area contributed by atoms with Crippen molar-refractivity contribution in [3.05, 3.63) is 52.4 Å². The van der Waals surface area contributed by atoms with Crippen LogP contribution in [0.5, 0.6) is 0 Å².